The maximum atomic E-state index is 13.0. The fourth-order valence-electron chi connectivity index (χ4n) is 3.58. The van der Waals surface area contributed by atoms with Gasteiger partial charge in [-0.25, -0.2) is 4.68 Å². The molecular weight excluding hydrogens is 338 g/mol. The maximum absolute atomic E-state index is 13.0. The van der Waals surface area contributed by atoms with Gasteiger partial charge < -0.3 is 4.90 Å². The molecule has 27 heavy (non-hydrogen) atoms. The molecule has 0 atom stereocenters. The van der Waals surface area contributed by atoms with Crippen LogP contribution >= 0.6 is 0 Å². The number of Topliss-reactive ketones (excluding diaryl/α,β-unsaturated/α-hetero) is 1. The van der Waals surface area contributed by atoms with Crippen molar-refractivity contribution in [2.24, 2.45) is 5.92 Å². The third-order valence-corrected chi connectivity index (χ3v) is 4.97. The highest BCUT2D eigenvalue weighted by Crippen LogP contribution is 2.25. The van der Waals surface area contributed by atoms with E-state index in [4.69, 9.17) is 0 Å². The van der Waals surface area contributed by atoms with Crippen LogP contribution in [0.2, 0.25) is 0 Å². The number of ketones is 1. The minimum Gasteiger partial charge on any atom is -0.383 e. The van der Waals surface area contributed by atoms with E-state index in [1.807, 2.05) is 37.2 Å². The van der Waals surface area contributed by atoms with Crippen molar-refractivity contribution >= 4 is 11.4 Å². The third kappa shape index (κ3) is 4.94. The van der Waals surface area contributed by atoms with Crippen LogP contribution in [-0.2, 0) is 6.54 Å². The van der Waals surface area contributed by atoms with Gasteiger partial charge in [-0.15, -0.1) is 0 Å². The Hall–Kier alpha value is -2.69. The van der Waals surface area contributed by atoms with E-state index in [1.54, 1.807) is 24.4 Å². The molecule has 1 aliphatic carbocycles. The number of benzene rings is 1. The van der Waals surface area contributed by atoms with Crippen molar-refractivity contribution in [2.45, 2.75) is 38.6 Å². The summed E-state index contributed by atoms with van der Waals surface area (Å²) >= 11 is 0. The highest BCUT2D eigenvalue weighted by molar-refractivity contribution is 6.28. The van der Waals surface area contributed by atoms with Gasteiger partial charge in [-0.1, -0.05) is 49.6 Å². The molecule has 0 aliphatic heterocycles. The third-order valence-electron chi connectivity index (χ3n) is 4.97. The van der Waals surface area contributed by atoms with Gasteiger partial charge in [0.25, 0.3) is 5.56 Å². The summed E-state index contributed by atoms with van der Waals surface area (Å²) in [7, 11) is 3.74. The lowest BCUT2D eigenvalue weighted by atomic mass is 9.89. The van der Waals surface area contributed by atoms with E-state index in [2.05, 4.69) is 5.10 Å². The zero-order valence-electron chi connectivity index (χ0n) is 16.1. The van der Waals surface area contributed by atoms with Gasteiger partial charge in [0.1, 0.15) is 0 Å². The molecule has 2 aromatic rings. The Morgan fingerprint density at radius 3 is 2.48 bits per heavy atom. The molecule has 1 aliphatic rings. The topological polar surface area (TPSA) is 55.2 Å². The summed E-state index contributed by atoms with van der Waals surface area (Å²) in [5.74, 6) is 0.393. The number of carbonyl (C=O) groups is 1. The van der Waals surface area contributed by atoms with Crippen molar-refractivity contribution in [3.63, 3.8) is 0 Å². The molecule has 5 heteroatoms. The van der Waals surface area contributed by atoms with Crippen LogP contribution in [0.3, 0.4) is 0 Å². The molecule has 1 heterocycles. The zero-order valence-corrected chi connectivity index (χ0v) is 16.1. The largest absolute Gasteiger partial charge is 0.383 e. The summed E-state index contributed by atoms with van der Waals surface area (Å²) in [6, 6.07) is 12.3. The van der Waals surface area contributed by atoms with Crippen LogP contribution in [0.1, 0.15) is 48.2 Å². The first-order chi connectivity index (χ1) is 13.0. The minimum absolute atomic E-state index is 0.0975. The van der Waals surface area contributed by atoms with E-state index >= 15 is 0 Å². The molecular formula is C22H27N3O2. The van der Waals surface area contributed by atoms with Gasteiger partial charge in [0, 0.05) is 38.5 Å². The molecule has 0 saturated heterocycles. The van der Waals surface area contributed by atoms with Crippen LogP contribution in [-0.4, -0.2) is 34.6 Å². The Bertz CT molecular complexity index is 863. The van der Waals surface area contributed by atoms with Crippen molar-refractivity contribution in [2.75, 3.05) is 14.1 Å². The molecule has 1 aromatic carbocycles. The molecule has 142 valence electrons. The number of aromatic nitrogens is 2. The fourth-order valence-corrected chi connectivity index (χ4v) is 3.58. The average Bonchev–Trinajstić information content (AvgIpc) is 2.69. The zero-order chi connectivity index (χ0) is 19.2. The molecule has 0 radical (unpaired) electrons. The lowest BCUT2D eigenvalue weighted by Gasteiger charge is -2.22. The van der Waals surface area contributed by atoms with Crippen LogP contribution in [0.5, 0.6) is 0 Å². The summed E-state index contributed by atoms with van der Waals surface area (Å²) < 4.78 is 1.53. The Kier molecular flexibility index (Phi) is 6.22. The second kappa shape index (κ2) is 8.80. The van der Waals surface area contributed by atoms with E-state index in [1.165, 1.54) is 30.0 Å². The van der Waals surface area contributed by atoms with Gasteiger partial charge in [0.05, 0.1) is 11.3 Å². The van der Waals surface area contributed by atoms with Gasteiger partial charge in [0.15, 0.2) is 5.78 Å². The van der Waals surface area contributed by atoms with E-state index in [9.17, 15) is 9.59 Å². The monoisotopic (exact) mass is 365 g/mol. The van der Waals surface area contributed by atoms with E-state index < -0.39 is 0 Å². The highest BCUT2D eigenvalue weighted by Gasteiger charge is 2.19. The fraction of sp³-hybridized carbons (Fsp3) is 0.409. The highest BCUT2D eigenvalue weighted by atomic mass is 16.1. The normalized spacial score (nSPS) is 15.6. The molecule has 0 bridgehead atoms. The smallest absolute Gasteiger partial charge is 0.266 e. The van der Waals surface area contributed by atoms with Crippen molar-refractivity contribution in [1.29, 1.82) is 0 Å². The van der Waals surface area contributed by atoms with Crippen molar-refractivity contribution < 1.29 is 4.79 Å². The first-order valence-electron chi connectivity index (χ1n) is 9.61. The quantitative estimate of drug-likeness (QED) is 0.580. The van der Waals surface area contributed by atoms with Gasteiger partial charge in [-0.3, -0.25) is 9.59 Å². The first kappa shape index (κ1) is 19.1. The minimum atomic E-state index is -0.110. The number of allylic oxidation sites excluding steroid dienone is 1. The van der Waals surface area contributed by atoms with Crippen molar-refractivity contribution in [3.8, 4) is 0 Å². The Labute approximate surface area is 160 Å². The summed E-state index contributed by atoms with van der Waals surface area (Å²) in [6.07, 6.45) is 7.77. The first-order valence-corrected chi connectivity index (χ1v) is 9.61. The summed E-state index contributed by atoms with van der Waals surface area (Å²) in [5.41, 5.74) is 1.52. The molecule has 1 fully saturated rings. The second-order valence-corrected chi connectivity index (χ2v) is 7.44. The number of rotatable bonds is 6. The number of hydrogen-bond acceptors (Lipinski definition) is 4. The lowest BCUT2D eigenvalue weighted by Crippen LogP contribution is -2.28. The Morgan fingerprint density at radius 2 is 1.81 bits per heavy atom. The standard InChI is InChI=1S/C22H27N3O2/c1-24(2)16-19(22(27)18-11-7-4-8-12-18)20-13-14-21(26)25(23-20)15-17-9-5-3-6-10-17/h4,7-8,11-14,16-17H,3,5-6,9-10,15H2,1-2H3. The van der Waals surface area contributed by atoms with Crippen LogP contribution in [0, 0.1) is 5.92 Å². The van der Waals surface area contributed by atoms with Gasteiger partial charge in [-0.05, 0) is 24.8 Å². The Morgan fingerprint density at radius 1 is 1.11 bits per heavy atom. The Balaban J connectivity index is 1.94. The lowest BCUT2D eigenvalue weighted by molar-refractivity contribution is 0.105. The van der Waals surface area contributed by atoms with Crippen LogP contribution < -0.4 is 5.56 Å². The van der Waals surface area contributed by atoms with Gasteiger partial charge >= 0.3 is 0 Å². The molecule has 0 amide bonds. The maximum Gasteiger partial charge on any atom is 0.266 e. The van der Waals surface area contributed by atoms with E-state index in [0.29, 0.717) is 29.3 Å². The summed E-state index contributed by atoms with van der Waals surface area (Å²) in [5, 5.41) is 4.55. The van der Waals surface area contributed by atoms with Crippen LogP contribution in [0.25, 0.3) is 5.57 Å². The average molecular weight is 365 g/mol. The predicted molar refractivity (Wildman–Crippen MR) is 108 cm³/mol. The molecule has 1 saturated carbocycles. The molecule has 0 N–H and O–H groups in total. The second-order valence-electron chi connectivity index (χ2n) is 7.44. The van der Waals surface area contributed by atoms with Crippen LogP contribution in [0.15, 0.2) is 53.5 Å². The van der Waals surface area contributed by atoms with Gasteiger partial charge in [0.2, 0.25) is 0 Å². The number of carbonyl (C=O) groups excluding carboxylic acids is 1. The molecule has 3 rings (SSSR count). The van der Waals surface area contributed by atoms with Crippen molar-refractivity contribution in [1.82, 2.24) is 14.7 Å². The molecule has 0 unspecified atom stereocenters. The summed E-state index contributed by atoms with van der Waals surface area (Å²) in [4.78, 5) is 27.2. The SMILES string of the molecule is CN(C)C=C(C(=O)c1ccccc1)c1ccc(=O)n(CC2CCCCC2)n1. The predicted octanol–water partition coefficient (Wildman–Crippen LogP) is 3.61. The molecule has 5 nitrogen and oxygen atoms in total. The van der Waals surface area contributed by atoms with E-state index in [-0.39, 0.29) is 11.3 Å². The van der Waals surface area contributed by atoms with Gasteiger partial charge in [-0.2, -0.15) is 5.10 Å². The van der Waals surface area contributed by atoms with E-state index in [0.717, 1.165) is 12.8 Å². The van der Waals surface area contributed by atoms with Crippen molar-refractivity contribution in [3.05, 3.63) is 70.3 Å². The van der Waals surface area contributed by atoms with Crippen LogP contribution in [0.4, 0.5) is 0 Å². The number of hydrogen-bond donors (Lipinski definition) is 0. The number of nitrogens with zero attached hydrogens (tertiary/aromatic N) is 3. The molecule has 0 spiro atoms. The molecule has 1 aromatic heterocycles. The summed E-state index contributed by atoms with van der Waals surface area (Å²) in [6.45, 7) is 0.626.